The topological polar surface area (TPSA) is 69.4 Å². The van der Waals surface area contributed by atoms with Crippen molar-refractivity contribution in [1.82, 2.24) is 4.98 Å². The van der Waals surface area contributed by atoms with Crippen LogP contribution >= 0.6 is 11.3 Å². The van der Waals surface area contributed by atoms with Gasteiger partial charge < -0.3 is 9.15 Å². The second-order valence-electron chi connectivity index (χ2n) is 5.92. The Morgan fingerprint density at radius 2 is 2.08 bits per heavy atom. The highest BCUT2D eigenvalue weighted by molar-refractivity contribution is 7.16. The molecule has 26 heavy (non-hydrogen) atoms. The smallest absolute Gasteiger partial charge is 0.343 e. The fourth-order valence-electron chi connectivity index (χ4n) is 2.90. The highest BCUT2D eigenvalue weighted by Gasteiger charge is 2.12. The quantitative estimate of drug-likeness (QED) is 0.301. The second-order valence-corrected chi connectivity index (χ2v) is 6.81. The summed E-state index contributed by atoms with van der Waals surface area (Å²) in [5.41, 5.74) is 3.99. The maximum absolute atomic E-state index is 12.4. The third-order valence-corrected chi connectivity index (χ3v) is 4.89. The lowest BCUT2D eigenvalue weighted by atomic mass is 10.1. The molecule has 0 aliphatic carbocycles. The van der Waals surface area contributed by atoms with Gasteiger partial charge in [-0.25, -0.2) is 14.6 Å². The summed E-state index contributed by atoms with van der Waals surface area (Å²) in [4.78, 5) is 28.4. The predicted molar refractivity (Wildman–Crippen MR) is 101 cm³/mol. The minimum absolute atomic E-state index is 0.337. The molecule has 0 N–H and O–H groups in total. The molecule has 0 saturated heterocycles. The first-order valence-corrected chi connectivity index (χ1v) is 9.14. The van der Waals surface area contributed by atoms with Gasteiger partial charge in [0.05, 0.1) is 21.3 Å². The zero-order valence-corrected chi connectivity index (χ0v) is 14.8. The van der Waals surface area contributed by atoms with Gasteiger partial charge in [0.2, 0.25) is 0 Å². The number of thiazole rings is 1. The van der Waals surface area contributed by atoms with E-state index in [4.69, 9.17) is 9.15 Å². The number of benzene rings is 2. The van der Waals surface area contributed by atoms with Crippen LogP contribution in [0, 0.1) is 0 Å². The third kappa shape index (κ3) is 3.11. The number of fused-ring (bicyclic) bond motifs is 2. The normalized spacial score (nSPS) is 11.1. The molecule has 0 bridgehead atoms. The number of carbonyl (C=O) groups is 1. The number of aromatic nitrogens is 1. The molecule has 0 saturated carbocycles. The van der Waals surface area contributed by atoms with E-state index in [-0.39, 0.29) is 0 Å². The van der Waals surface area contributed by atoms with Crippen LogP contribution in [-0.4, -0.2) is 11.0 Å². The van der Waals surface area contributed by atoms with Crippen LogP contribution < -0.4 is 10.4 Å². The van der Waals surface area contributed by atoms with E-state index in [9.17, 15) is 9.59 Å². The van der Waals surface area contributed by atoms with Gasteiger partial charge in [-0.2, -0.15) is 0 Å². The number of nitrogens with zero attached hydrogens (tertiary/aromatic N) is 1. The largest absolute Gasteiger partial charge is 0.423 e. The summed E-state index contributed by atoms with van der Waals surface area (Å²) in [5.74, 6) is -0.129. The first-order chi connectivity index (χ1) is 12.6. The zero-order chi connectivity index (χ0) is 18.1. The maximum atomic E-state index is 12.4. The van der Waals surface area contributed by atoms with Crippen molar-refractivity contribution in [2.75, 3.05) is 0 Å². The van der Waals surface area contributed by atoms with Gasteiger partial charge in [0.15, 0.2) is 0 Å². The molecule has 6 heteroatoms. The standard InChI is InChI=1S/C20H15NO4S/c1-2-3-12-9-19(22)25-17-10-14(5-6-15(12)17)24-20(23)13-4-7-16-18(8-13)26-11-21-16/h4-11H,2-3H2,1H3. The number of hydrogen-bond donors (Lipinski definition) is 0. The Hall–Kier alpha value is -2.99. The van der Waals surface area contributed by atoms with Gasteiger partial charge >= 0.3 is 11.6 Å². The maximum Gasteiger partial charge on any atom is 0.343 e. The van der Waals surface area contributed by atoms with Gasteiger partial charge in [-0.1, -0.05) is 13.3 Å². The summed E-state index contributed by atoms with van der Waals surface area (Å²) in [6, 6.07) is 11.9. The van der Waals surface area contributed by atoms with Crippen LogP contribution in [-0.2, 0) is 6.42 Å². The Morgan fingerprint density at radius 3 is 2.92 bits per heavy atom. The van der Waals surface area contributed by atoms with Crippen LogP contribution in [0.3, 0.4) is 0 Å². The van der Waals surface area contributed by atoms with E-state index in [2.05, 4.69) is 11.9 Å². The zero-order valence-electron chi connectivity index (χ0n) is 14.0. The Balaban J connectivity index is 1.66. The van der Waals surface area contributed by atoms with Gasteiger partial charge in [0, 0.05) is 17.5 Å². The highest BCUT2D eigenvalue weighted by Crippen LogP contribution is 2.25. The summed E-state index contributed by atoms with van der Waals surface area (Å²) < 4.78 is 11.7. The number of rotatable bonds is 4. The van der Waals surface area contributed by atoms with Gasteiger partial charge in [-0.05, 0) is 42.3 Å². The third-order valence-electron chi connectivity index (χ3n) is 4.10. The van der Waals surface area contributed by atoms with Crippen molar-refractivity contribution in [1.29, 1.82) is 0 Å². The molecule has 0 radical (unpaired) electrons. The summed E-state index contributed by atoms with van der Waals surface area (Å²) in [6.45, 7) is 2.05. The lowest BCUT2D eigenvalue weighted by Gasteiger charge is -2.07. The minimum Gasteiger partial charge on any atom is -0.423 e. The summed E-state index contributed by atoms with van der Waals surface area (Å²) >= 11 is 1.47. The molecule has 4 aromatic rings. The van der Waals surface area contributed by atoms with Crippen LogP contribution in [0.5, 0.6) is 5.75 Å². The van der Waals surface area contributed by atoms with Crippen LogP contribution in [0.2, 0.25) is 0 Å². The molecule has 0 spiro atoms. The van der Waals surface area contributed by atoms with Crippen LogP contribution in [0.25, 0.3) is 21.2 Å². The van der Waals surface area contributed by atoms with Gasteiger partial charge in [-0.15, -0.1) is 11.3 Å². The monoisotopic (exact) mass is 365 g/mol. The van der Waals surface area contributed by atoms with Crippen molar-refractivity contribution in [3.8, 4) is 5.75 Å². The van der Waals surface area contributed by atoms with Crippen molar-refractivity contribution in [3.05, 3.63) is 69.5 Å². The van der Waals surface area contributed by atoms with E-state index < -0.39 is 11.6 Å². The number of esters is 1. The second kappa shape index (κ2) is 6.72. The van der Waals surface area contributed by atoms with Crippen LogP contribution in [0.15, 0.2) is 57.2 Å². The fraction of sp³-hybridized carbons (Fsp3) is 0.150. The number of aryl methyl sites for hydroxylation is 1. The summed E-state index contributed by atoms with van der Waals surface area (Å²) in [7, 11) is 0. The lowest BCUT2D eigenvalue weighted by Crippen LogP contribution is -2.08. The average molecular weight is 365 g/mol. The predicted octanol–water partition coefficient (Wildman–Crippen LogP) is 4.57. The summed E-state index contributed by atoms with van der Waals surface area (Å²) in [5, 5.41) is 0.859. The fourth-order valence-corrected chi connectivity index (χ4v) is 3.61. The molecule has 0 atom stereocenters. The minimum atomic E-state index is -0.466. The Bertz CT molecular complexity index is 1180. The Labute approximate surface area is 152 Å². The summed E-state index contributed by atoms with van der Waals surface area (Å²) in [6.07, 6.45) is 1.71. The van der Waals surface area contributed by atoms with E-state index in [0.29, 0.717) is 16.9 Å². The highest BCUT2D eigenvalue weighted by atomic mass is 32.1. The van der Waals surface area contributed by atoms with Gasteiger partial charge in [0.25, 0.3) is 0 Å². The Morgan fingerprint density at radius 1 is 1.19 bits per heavy atom. The van der Waals surface area contributed by atoms with Crippen molar-refractivity contribution in [3.63, 3.8) is 0 Å². The van der Waals surface area contributed by atoms with Crippen molar-refractivity contribution in [2.24, 2.45) is 0 Å². The SMILES string of the molecule is CCCc1cc(=O)oc2cc(OC(=O)c3ccc4ncsc4c3)ccc12. The van der Waals surface area contributed by atoms with Crippen molar-refractivity contribution in [2.45, 2.75) is 19.8 Å². The Kier molecular flexibility index (Phi) is 4.26. The molecule has 0 unspecified atom stereocenters. The number of carbonyl (C=O) groups excluding carboxylic acids is 1. The average Bonchev–Trinajstić information content (AvgIpc) is 3.09. The van der Waals surface area contributed by atoms with Gasteiger partial charge in [-0.3, -0.25) is 0 Å². The molecule has 2 aromatic carbocycles. The number of hydrogen-bond acceptors (Lipinski definition) is 6. The van der Waals surface area contributed by atoms with Crippen LogP contribution in [0.1, 0.15) is 29.3 Å². The van der Waals surface area contributed by atoms with E-state index in [0.717, 1.165) is 34.0 Å². The molecule has 0 fully saturated rings. The molecular formula is C20H15NO4S. The molecular weight excluding hydrogens is 350 g/mol. The molecule has 5 nitrogen and oxygen atoms in total. The van der Waals surface area contributed by atoms with Crippen molar-refractivity contribution < 1.29 is 13.9 Å². The number of ether oxygens (including phenoxy) is 1. The van der Waals surface area contributed by atoms with E-state index in [1.54, 1.807) is 35.8 Å². The first-order valence-electron chi connectivity index (χ1n) is 8.26. The molecule has 0 amide bonds. The molecule has 130 valence electrons. The van der Waals surface area contributed by atoms with Crippen molar-refractivity contribution >= 4 is 38.5 Å². The van der Waals surface area contributed by atoms with Gasteiger partial charge in [0.1, 0.15) is 11.3 Å². The van der Waals surface area contributed by atoms with E-state index in [1.807, 2.05) is 6.07 Å². The van der Waals surface area contributed by atoms with E-state index in [1.165, 1.54) is 17.4 Å². The molecule has 2 heterocycles. The van der Waals surface area contributed by atoms with E-state index >= 15 is 0 Å². The molecule has 0 aliphatic rings. The molecule has 2 aromatic heterocycles. The van der Waals surface area contributed by atoms with Crippen LogP contribution in [0.4, 0.5) is 0 Å². The molecule has 4 rings (SSSR count). The molecule has 0 aliphatic heterocycles. The lowest BCUT2D eigenvalue weighted by molar-refractivity contribution is 0.0735. The first kappa shape index (κ1) is 16.5.